The average Bonchev–Trinajstić information content (AvgIpc) is 3.01. The molecule has 0 aliphatic carbocycles. The molecule has 2 atom stereocenters. The highest BCUT2D eigenvalue weighted by molar-refractivity contribution is 5.02. The van der Waals surface area contributed by atoms with E-state index >= 15 is 0 Å². The molecular formula is C15H25NO2. The summed E-state index contributed by atoms with van der Waals surface area (Å²) >= 11 is 0. The second kappa shape index (κ2) is 6.95. The van der Waals surface area contributed by atoms with Crippen LogP contribution in [0.3, 0.4) is 0 Å². The average molecular weight is 251 g/mol. The summed E-state index contributed by atoms with van der Waals surface area (Å²) in [6.45, 7) is 4.62. The van der Waals surface area contributed by atoms with Crippen molar-refractivity contribution in [1.82, 2.24) is 4.90 Å². The lowest BCUT2D eigenvalue weighted by molar-refractivity contribution is 0.101. The van der Waals surface area contributed by atoms with E-state index in [1.165, 1.54) is 45.2 Å². The van der Waals surface area contributed by atoms with Gasteiger partial charge in [-0.05, 0) is 50.9 Å². The zero-order valence-corrected chi connectivity index (χ0v) is 11.3. The van der Waals surface area contributed by atoms with Crippen molar-refractivity contribution in [3.05, 3.63) is 24.2 Å². The lowest BCUT2D eigenvalue weighted by Gasteiger charge is -2.25. The van der Waals surface area contributed by atoms with Gasteiger partial charge >= 0.3 is 0 Å². The van der Waals surface area contributed by atoms with E-state index in [0.717, 1.165) is 6.42 Å². The van der Waals surface area contributed by atoms with E-state index in [2.05, 4.69) is 11.8 Å². The Morgan fingerprint density at radius 1 is 1.50 bits per heavy atom. The van der Waals surface area contributed by atoms with E-state index < -0.39 is 6.10 Å². The minimum absolute atomic E-state index is 0.447. The fraction of sp³-hybridized carbons (Fsp3) is 0.733. The van der Waals surface area contributed by atoms with E-state index in [-0.39, 0.29) is 0 Å². The van der Waals surface area contributed by atoms with Crippen molar-refractivity contribution in [3.63, 3.8) is 0 Å². The molecule has 2 unspecified atom stereocenters. The lowest BCUT2D eigenvalue weighted by Crippen LogP contribution is -2.31. The summed E-state index contributed by atoms with van der Waals surface area (Å²) in [4.78, 5) is 2.54. The SMILES string of the molecule is CCCCCN1CCCC1CC(O)c1ccco1. The normalized spacial score (nSPS) is 22.4. The number of unbranched alkanes of at least 4 members (excludes halogenated alkanes) is 2. The van der Waals surface area contributed by atoms with Crippen molar-refractivity contribution < 1.29 is 9.52 Å². The maximum atomic E-state index is 10.1. The quantitative estimate of drug-likeness (QED) is 0.755. The highest BCUT2D eigenvalue weighted by Crippen LogP contribution is 2.27. The molecule has 0 amide bonds. The number of aliphatic hydroxyl groups is 1. The van der Waals surface area contributed by atoms with Gasteiger partial charge < -0.3 is 14.4 Å². The van der Waals surface area contributed by atoms with Crippen LogP contribution in [-0.2, 0) is 0 Å². The van der Waals surface area contributed by atoms with Gasteiger partial charge in [0.05, 0.1) is 6.26 Å². The molecule has 1 aromatic heterocycles. The first-order chi connectivity index (χ1) is 8.81. The van der Waals surface area contributed by atoms with Crippen molar-refractivity contribution >= 4 is 0 Å². The number of aliphatic hydroxyl groups excluding tert-OH is 1. The summed E-state index contributed by atoms with van der Waals surface area (Å²) in [5.41, 5.74) is 0. The summed E-state index contributed by atoms with van der Waals surface area (Å²) in [6, 6.07) is 4.23. The van der Waals surface area contributed by atoms with Gasteiger partial charge in [-0.25, -0.2) is 0 Å². The molecule has 3 heteroatoms. The number of furan rings is 1. The number of hydrogen-bond donors (Lipinski definition) is 1. The minimum Gasteiger partial charge on any atom is -0.467 e. The molecule has 18 heavy (non-hydrogen) atoms. The van der Waals surface area contributed by atoms with Gasteiger partial charge in [0.15, 0.2) is 0 Å². The maximum absolute atomic E-state index is 10.1. The molecule has 0 bridgehead atoms. The number of rotatable bonds is 7. The zero-order chi connectivity index (χ0) is 12.8. The summed E-state index contributed by atoms with van der Waals surface area (Å²) in [5.74, 6) is 0.704. The minimum atomic E-state index is -0.447. The monoisotopic (exact) mass is 251 g/mol. The van der Waals surface area contributed by atoms with Gasteiger partial charge in [0.2, 0.25) is 0 Å². The maximum Gasteiger partial charge on any atom is 0.132 e. The molecule has 102 valence electrons. The third kappa shape index (κ3) is 3.59. The van der Waals surface area contributed by atoms with Crippen LogP contribution in [0.4, 0.5) is 0 Å². The van der Waals surface area contributed by atoms with Gasteiger partial charge in [-0.15, -0.1) is 0 Å². The first-order valence-electron chi connectivity index (χ1n) is 7.26. The Morgan fingerprint density at radius 3 is 3.11 bits per heavy atom. The van der Waals surface area contributed by atoms with Crippen molar-refractivity contribution in [3.8, 4) is 0 Å². The predicted octanol–water partition coefficient (Wildman–Crippen LogP) is 3.36. The van der Waals surface area contributed by atoms with Crippen LogP contribution in [0.15, 0.2) is 22.8 Å². The molecule has 1 aromatic rings. The van der Waals surface area contributed by atoms with Crippen LogP contribution >= 0.6 is 0 Å². The molecule has 1 aliphatic rings. The smallest absolute Gasteiger partial charge is 0.132 e. The molecule has 3 nitrogen and oxygen atoms in total. The van der Waals surface area contributed by atoms with Crippen LogP contribution in [0.2, 0.25) is 0 Å². The lowest BCUT2D eigenvalue weighted by atomic mass is 10.0. The van der Waals surface area contributed by atoms with Gasteiger partial charge in [-0.2, -0.15) is 0 Å². The fourth-order valence-corrected chi connectivity index (χ4v) is 2.88. The van der Waals surface area contributed by atoms with Crippen LogP contribution in [-0.4, -0.2) is 29.1 Å². The van der Waals surface area contributed by atoms with E-state index in [4.69, 9.17) is 4.42 Å². The second-order valence-electron chi connectivity index (χ2n) is 5.31. The Bertz CT molecular complexity index is 323. The fourth-order valence-electron chi connectivity index (χ4n) is 2.88. The second-order valence-corrected chi connectivity index (χ2v) is 5.31. The molecular weight excluding hydrogens is 226 g/mol. The molecule has 0 radical (unpaired) electrons. The topological polar surface area (TPSA) is 36.6 Å². The van der Waals surface area contributed by atoms with Gasteiger partial charge in [0, 0.05) is 6.04 Å². The highest BCUT2D eigenvalue weighted by Gasteiger charge is 2.27. The summed E-state index contributed by atoms with van der Waals surface area (Å²) in [5, 5.41) is 10.1. The standard InChI is InChI=1S/C15H25NO2/c1-2-3-4-9-16-10-5-7-13(16)12-14(17)15-8-6-11-18-15/h6,8,11,13-14,17H,2-5,7,9-10,12H2,1H3. The van der Waals surface area contributed by atoms with Crippen molar-refractivity contribution in [2.24, 2.45) is 0 Å². The molecule has 1 N–H and O–H groups in total. The Hall–Kier alpha value is -0.800. The van der Waals surface area contributed by atoms with Crippen LogP contribution < -0.4 is 0 Å². The first kappa shape index (κ1) is 13.6. The van der Waals surface area contributed by atoms with Gasteiger partial charge in [0.25, 0.3) is 0 Å². The predicted molar refractivity (Wildman–Crippen MR) is 72.4 cm³/mol. The van der Waals surface area contributed by atoms with E-state index in [0.29, 0.717) is 11.8 Å². The Kier molecular flexibility index (Phi) is 5.26. The van der Waals surface area contributed by atoms with E-state index in [1.807, 2.05) is 12.1 Å². The molecule has 0 spiro atoms. The van der Waals surface area contributed by atoms with Gasteiger partial charge in [-0.1, -0.05) is 19.8 Å². The molecule has 1 aliphatic heterocycles. The van der Waals surface area contributed by atoms with Gasteiger partial charge in [-0.3, -0.25) is 0 Å². The summed E-state index contributed by atoms with van der Waals surface area (Å²) in [7, 11) is 0. The Balaban J connectivity index is 1.80. The van der Waals surface area contributed by atoms with Gasteiger partial charge in [0.1, 0.15) is 11.9 Å². The van der Waals surface area contributed by atoms with E-state index in [9.17, 15) is 5.11 Å². The third-order valence-electron chi connectivity index (χ3n) is 3.91. The highest BCUT2D eigenvalue weighted by atomic mass is 16.4. The Labute approximate surface area is 110 Å². The molecule has 2 rings (SSSR count). The molecule has 1 saturated heterocycles. The molecule has 0 saturated carbocycles. The number of likely N-dealkylation sites (tertiary alicyclic amines) is 1. The van der Waals surface area contributed by atoms with Crippen LogP contribution in [0, 0.1) is 0 Å². The largest absolute Gasteiger partial charge is 0.467 e. The third-order valence-corrected chi connectivity index (χ3v) is 3.91. The number of nitrogens with zero attached hydrogens (tertiary/aromatic N) is 1. The number of hydrogen-bond acceptors (Lipinski definition) is 3. The Morgan fingerprint density at radius 2 is 2.39 bits per heavy atom. The van der Waals surface area contributed by atoms with Crippen LogP contribution in [0.25, 0.3) is 0 Å². The van der Waals surface area contributed by atoms with Crippen molar-refractivity contribution in [2.75, 3.05) is 13.1 Å². The van der Waals surface area contributed by atoms with Crippen molar-refractivity contribution in [2.45, 2.75) is 57.6 Å². The molecule has 2 heterocycles. The first-order valence-corrected chi connectivity index (χ1v) is 7.26. The van der Waals surface area contributed by atoms with Crippen LogP contribution in [0.5, 0.6) is 0 Å². The zero-order valence-electron chi connectivity index (χ0n) is 11.3. The van der Waals surface area contributed by atoms with Crippen molar-refractivity contribution in [1.29, 1.82) is 0 Å². The van der Waals surface area contributed by atoms with Crippen LogP contribution in [0.1, 0.15) is 57.3 Å². The summed E-state index contributed by atoms with van der Waals surface area (Å²) in [6.07, 6.45) is 8.33. The summed E-state index contributed by atoms with van der Waals surface area (Å²) < 4.78 is 5.27. The molecule has 1 fully saturated rings. The van der Waals surface area contributed by atoms with E-state index in [1.54, 1.807) is 6.26 Å². The molecule has 0 aromatic carbocycles.